The molecule has 0 amide bonds. The minimum atomic E-state index is -2.78. The molecular formula is CH7NO6P2. The van der Waals surface area contributed by atoms with Crippen LogP contribution >= 0.6 is 16.5 Å². The molecule has 0 aromatic rings. The maximum absolute atomic E-state index is 10.2. The molecule has 2 unspecified atom stereocenters. The highest BCUT2D eigenvalue weighted by molar-refractivity contribution is 7.48. The minimum Gasteiger partial charge on any atom is -0.345 e. The number of hydrogen-bond acceptors (Lipinski definition) is 7. The Labute approximate surface area is 57.8 Å². The Morgan fingerprint density at radius 3 is 1.90 bits per heavy atom. The first-order valence-corrected chi connectivity index (χ1v) is 4.40. The van der Waals surface area contributed by atoms with Crippen molar-refractivity contribution in [2.24, 2.45) is 0 Å². The van der Waals surface area contributed by atoms with Gasteiger partial charge in [-0.15, -0.1) is 0 Å². The summed E-state index contributed by atoms with van der Waals surface area (Å²) < 4.78 is 32.5. The molecule has 62 valence electrons. The van der Waals surface area contributed by atoms with Gasteiger partial charge in [-0.05, 0) is 0 Å². The molecule has 10 heavy (non-hydrogen) atoms. The predicted molar refractivity (Wildman–Crippen MR) is 32.3 cm³/mol. The third-order valence-corrected chi connectivity index (χ3v) is 2.68. The van der Waals surface area contributed by atoms with Crippen LogP contribution in [0.25, 0.3) is 0 Å². The van der Waals surface area contributed by atoms with Crippen LogP contribution in [-0.2, 0) is 22.5 Å². The van der Waals surface area contributed by atoms with Crippen molar-refractivity contribution in [1.82, 2.24) is 6.15 Å². The van der Waals surface area contributed by atoms with Crippen molar-refractivity contribution in [3.05, 3.63) is 0 Å². The summed E-state index contributed by atoms with van der Waals surface area (Å²) in [7, 11) is -5.57. The Kier molecular flexibility index (Phi) is 4.31. The second-order valence-electron chi connectivity index (χ2n) is 1.14. The highest BCUT2D eigenvalue weighted by atomic mass is 31.2. The number of aliphatic hydroxyl groups excluding tert-OH is 1. The van der Waals surface area contributed by atoms with Crippen molar-refractivity contribution in [2.75, 3.05) is 0 Å². The Morgan fingerprint density at radius 1 is 1.20 bits per heavy atom. The van der Waals surface area contributed by atoms with Crippen LogP contribution in [0.4, 0.5) is 0 Å². The molecule has 7 nitrogen and oxygen atoms in total. The van der Waals surface area contributed by atoms with Crippen molar-refractivity contribution in [2.45, 2.75) is 6.48 Å². The third kappa shape index (κ3) is 2.90. The number of aliphatic hydroxyl groups is 1. The summed E-state index contributed by atoms with van der Waals surface area (Å²) in [4.78, 5) is 0. The van der Waals surface area contributed by atoms with Crippen molar-refractivity contribution >= 4 is 16.5 Å². The molecule has 1 aliphatic heterocycles. The lowest BCUT2D eigenvalue weighted by molar-refractivity contribution is -0.170. The zero-order valence-corrected chi connectivity index (χ0v) is 6.77. The molecule has 0 aromatic heterocycles. The van der Waals surface area contributed by atoms with Crippen LogP contribution in [0.2, 0.25) is 0 Å². The zero-order valence-electron chi connectivity index (χ0n) is 4.77. The van der Waals surface area contributed by atoms with E-state index < -0.39 is 23.0 Å². The van der Waals surface area contributed by atoms with E-state index in [1.807, 2.05) is 0 Å². The maximum Gasteiger partial charge on any atom is 0.330 e. The highest BCUT2D eigenvalue weighted by Gasteiger charge is 2.21. The Bertz CT molecular complexity index is 142. The van der Waals surface area contributed by atoms with Crippen molar-refractivity contribution < 1.29 is 27.6 Å². The molecule has 1 heterocycles. The summed E-state index contributed by atoms with van der Waals surface area (Å²) in [5, 5.41) is 8.38. The van der Waals surface area contributed by atoms with Crippen LogP contribution in [0.5, 0.6) is 0 Å². The van der Waals surface area contributed by atoms with E-state index in [1.165, 1.54) is 0 Å². The number of rotatable bonds is 0. The molecule has 0 aromatic carbocycles. The molecule has 0 bridgehead atoms. The summed E-state index contributed by atoms with van der Waals surface area (Å²) in [5.74, 6) is 0. The monoisotopic (exact) mass is 191 g/mol. The van der Waals surface area contributed by atoms with E-state index in [0.29, 0.717) is 0 Å². The molecule has 1 rings (SSSR count). The Hall–Kier alpha value is 0.260. The van der Waals surface area contributed by atoms with Crippen LogP contribution in [0, 0.1) is 0 Å². The first-order chi connectivity index (χ1) is 4.18. The standard InChI is InChI=1S/CH4O6P2.H3N/c2-1-5-8(3)7-9(4)6-1;/h1-2,8-9H;1H3. The molecule has 0 aliphatic carbocycles. The van der Waals surface area contributed by atoms with Gasteiger partial charge in [0.1, 0.15) is 0 Å². The average Bonchev–Trinajstić information content (AvgIpc) is 1.59. The van der Waals surface area contributed by atoms with Gasteiger partial charge in [0.05, 0.1) is 0 Å². The topological polar surface area (TPSA) is 117 Å². The van der Waals surface area contributed by atoms with Crippen molar-refractivity contribution in [1.29, 1.82) is 0 Å². The lowest BCUT2D eigenvalue weighted by Crippen LogP contribution is -2.11. The van der Waals surface area contributed by atoms with Gasteiger partial charge >= 0.3 is 16.5 Å². The summed E-state index contributed by atoms with van der Waals surface area (Å²) >= 11 is 0. The van der Waals surface area contributed by atoms with E-state index in [0.717, 1.165) is 0 Å². The summed E-state index contributed by atoms with van der Waals surface area (Å²) in [5.41, 5.74) is 0. The number of hydrogen-bond donors (Lipinski definition) is 2. The first-order valence-electron chi connectivity index (χ1n) is 1.95. The molecule has 0 saturated carbocycles. The van der Waals surface area contributed by atoms with Gasteiger partial charge in [-0.1, -0.05) is 0 Å². The average molecular weight is 191 g/mol. The van der Waals surface area contributed by atoms with E-state index in [9.17, 15) is 9.13 Å². The molecule has 4 N–H and O–H groups in total. The van der Waals surface area contributed by atoms with Gasteiger partial charge in [-0.2, -0.15) is 0 Å². The van der Waals surface area contributed by atoms with Crippen molar-refractivity contribution in [3.63, 3.8) is 0 Å². The summed E-state index contributed by atoms with van der Waals surface area (Å²) in [6.45, 7) is -1.67. The summed E-state index contributed by atoms with van der Waals surface area (Å²) in [6, 6.07) is 0. The van der Waals surface area contributed by atoms with Crippen LogP contribution in [0.15, 0.2) is 0 Å². The molecule has 9 heteroatoms. The second-order valence-corrected chi connectivity index (χ2v) is 3.43. The molecule has 2 atom stereocenters. The first kappa shape index (κ1) is 10.3. The maximum atomic E-state index is 10.2. The largest absolute Gasteiger partial charge is 0.345 e. The van der Waals surface area contributed by atoms with E-state index in [2.05, 4.69) is 13.4 Å². The smallest absolute Gasteiger partial charge is 0.330 e. The summed E-state index contributed by atoms with van der Waals surface area (Å²) in [6.07, 6.45) is 0. The fourth-order valence-corrected chi connectivity index (χ4v) is 1.76. The van der Waals surface area contributed by atoms with Crippen LogP contribution < -0.4 is 6.15 Å². The van der Waals surface area contributed by atoms with E-state index in [-0.39, 0.29) is 6.15 Å². The minimum absolute atomic E-state index is 0. The van der Waals surface area contributed by atoms with Crippen LogP contribution in [0.3, 0.4) is 0 Å². The van der Waals surface area contributed by atoms with Gasteiger partial charge in [0.2, 0.25) is 0 Å². The lowest BCUT2D eigenvalue weighted by atomic mass is 11.4. The molecule has 1 saturated heterocycles. The van der Waals surface area contributed by atoms with Crippen molar-refractivity contribution in [3.8, 4) is 0 Å². The third-order valence-electron chi connectivity index (χ3n) is 0.561. The highest BCUT2D eigenvalue weighted by Crippen LogP contribution is 2.46. The van der Waals surface area contributed by atoms with Gasteiger partial charge in [0, 0.05) is 0 Å². The van der Waals surface area contributed by atoms with Gasteiger partial charge < -0.3 is 11.3 Å². The SMILES string of the molecule is N.O=[PH]1OC(O)O[PH](=O)O1. The molecule has 0 spiro atoms. The van der Waals surface area contributed by atoms with E-state index in [1.54, 1.807) is 0 Å². The predicted octanol–water partition coefficient (Wildman–Crippen LogP) is 0.267. The molecule has 1 fully saturated rings. The normalized spacial score (nSPS) is 40.3. The molecule has 1 aliphatic rings. The van der Waals surface area contributed by atoms with E-state index >= 15 is 0 Å². The zero-order chi connectivity index (χ0) is 6.85. The van der Waals surface area contributed by atoms with Gasteiger partial charge in [-0.25, -0.2) is 4.31 Å². The Morgan fingerprint density at radius 2 is 1.60 bits per heavy atom. The van der Waals surface area contributed by atoms with Gasteiger partial charge in [0.15, 0.2) is 0 Å². The lowest BCUT2D eigenvalue weighted by Gasteiger charge is -2.16. The van der Waals surface area contributed by atoms with E-state index in [4.69, 9.17) is 5.11 Å². The fourth-order valence-electron chi connectivity index (χ4n) is 0.305. The van der Waals surface area contributed by atoms with Crippen LogP contribution in [-0.4, -0.2) is 11.6 Å². The fraction of sp³-hybridized carbons (Fsp3) is 1.00. The second kappa shape index (κ2) is 4.20. The van der Waals surface area contributed by atoms with Gasteiger partial charge in [0.25, 0.3) is 6.48 Å². The Balaban J connectivity index is 0.000000810. The quantitative estimate of drug-likeness (QED) is 0.527. The molecular weight excluding hydrogens is 184 g/mol. The van der Waals surface area contributed by atoms with Crippen LogP contribution in [0.1, 0.15) is 0 Å². The molecule has 0 radical (unpaired) electrons. The van der Waals surface area contributed by atoms with Gasteiger partial charge in [-0.3, -0.25) is 18.2 Å².